The van der Waals surface area contributed by atoms with Crippen LogP contribution in [0.1, 0.15) is 122 Å². The van der Waals surface area contributed by atoms with E-state index in [1.165, 1.54) is 64.2 Å². The maximum Gasteiger partial charge on any atom is 1.00 e. The first-order chi connectivity index (χ1) is 15.7. The molecule has 0 aliphatic rings. The molecule has 1 unspecified atom stereocenters. The van der Waals surface area contributed by atoms with E-state index in [-0.39, 0.29) is 116 Å². The van der Waals surface area contributed by atoms with E-state index in [1.807, 2.05) is 0 Å². The Kier molecular flexibility index (Phi) is 30.8. The van der Waals surface area contributed by atoms with Crippen LogP contribution in [0.3, 0.4) is 0 Å². The van der Waals surface area contributed by atoms with Crippen LogP contribution in [-0.2, 0) is 23.9 Å². The summed E-state index contributed by atoms with van der Waals surface area (Å²) in [4.78, 5) is 22.7. The summed E-state index contributed by atoms with van der Waals surface area (Å²) in [5, 5.41) is 22.7. The molecule has 0 fully saturated rings. The van der Waals surface area contributed by atoms with Gasteiger partial charge in [0.25, 0.3) is 10.1 Å². The van der Waals surface area contributed by atoms with Crippen LogP contribution in [0.25, 0.3) is 0 Å². The minimum atomic E-state index is -4.72. The van der Waals surface area contributed by atoms with Crippen LogP contribution in [0.4, 0.5) is 0 Å². The molecule has 194 valence electrons. The molecule has 0 aromatic carbocycles. The predicted octanol–water partition coefficient (Wildman–Crippen LogP) is -2.19. The van der Waals surface area contributed by atoms with Gasteiger partial charge >= 0.3 is 103 Å². The minimum Gasteiger partial charge on any atom is -0.550 e. The monoisotopic (exact) mass is 566 g/mol. The standard InChI is InChI=1S/C25H46O7S.2K/c1-3-5-6-7-8-9-10-11-12-13-14-15-16-17-18-19-20-25(24(28)29,22-23(26)27)33(30,31)32-21-4-2;;/h4H,2-3,5-22H2,1H3,(H,26,27)(H,28,29);;/q;2*+1/p-2. The second-order valence-corrected chi connectivity index (χ2v) is 10.8. The van der Waals surface area contributed by atoms with Gasteiger partial charge in [0.15, 0.2) is 0 Å². The van der Waals surface area contributed by atoms with E-state index in [1.54, 1.807) is 0 Å². The molecule has 0 N–H and O–H groups in total. The normalized spacial score (nSPS) is 12.7. The minimum absolute atomic E-state index is 0. The van der Waals surface area contributed by atoms with Crippen LogP contribution in [0.5, 0.6) is 0 Å². The quantitative estimate of drug-likeness (QED) is 0.0563. The Morgan fingerprint density at radius 1 is 0.771 bits per heavy atom. The average Bonchev–Trinajstić information content (AvgIpc) is 2.76. The van der Waals surface area contributed by atoms with E-state index in [2.05, 4.69) is 17.7 Å². The van der Waals surface area contributed by atoms with Crippen molar-refractivity contribution in [1.82, 2.24) is 0 Å². The molecule has 10 heteroatoms. The molecule has 0 amide bonds. The first-order valence-electron chi connectivity index (χ1n) is 12.6. The van der Waals surface area contributed by atoms with Crippen LogP contribution >= 0.6 is 0 Å². The summed E-state index contributed by atoms with van der Waals surface area (Å²) in [5.74, 6) is -3.75. The molecule has 0 aromatic heterocycles. The first-order valence-corrected chi connectivity index (χ1v) is 14.1. The van der Waals surface area contributed by atoms with Gasteiger partial charge in [0.1, 0.15) is 4.75 Å². The Labute approximate surface area is 299 Å². The summed E-state index contributed by atoms with van der Waals surface area (Å²) in [5.41, 5.74) is 0. The Morgan fingerprint density at radius 2 is 1.14 bits per heavy atom. The second kappa shape index (κ2) is 26.1. The molecule has 1 atom stereocenters. The third-order valence-electron chi connectivity index (χ3n) is 6.06. The SMILES string of the molecule is C=CCOS(=O)(=O)C(CCCCCCCCCCCCCCCCCC)(CC(=O)[O-])C(=O)[O-].[K+].[K+]. The predicted molar refractivity (Wildman–Crippen MR) is 127 cm³/mol. The number of rotatable bonds is 24. The van der Waals surface area contributed by atoms with E-state index >= 15 is 0 Å². The number of carboxylic acids is 2. The summed E-state index contributed by atoms with van der Waals surface area (Å²) in [6.45, 7) is 5.11. The van der Waals surface area contributed by atoms with Gasteiger partial charge in [-0.25, -0.2) is 0 Å². The van der Waals surface area contributed by atoms with Gasteiger partial charge in [0.05, 0.1) is 12.6 Å². The van der Waals surface area contributed by atoms with Gasteiger partial charge in [-0.05, 0) is 6.42 Å². The molecule has 0 saturated heterocycles. The molecule has 0 aromatic rings. The van der Waals surface area contributed by atoms with Gasteiger partial charge < -0.3 is 19.8 Å². The number of carbonyl (C=O) groups excluding carboxylic acids is 2. The van der Waals surface area contributed by atoms with E-state index in [0.717, 1.165) is 31.8 Å². The maximum atomic E-state index is 12.4. The molecule has 0 spiro atoms. The molecule has 7 nitrogen and oxygen atoms in total. The molecule has 0 radical (unpaired) electrons. The summed E-state index contributed by atoms with van der Waals surface area (Å²) < 4.78 is 26.8. The van der Waals surface area contributed by atoms with Crippen LogP contribution in [-0.4, -0.2) is 31.7 Å². The first kappa shape index (κ1) is 41.3. The zero-order valence-electron chi connectivity index (χ0n) is 22.5. The smallest absolute Gasteiger partial charge is 0.550 e. The third-order valence-corrected chi connectivity index (χ3v) is 7.97. The van der Waals surface area contributed by atoms with Crippen molar-refractivity contribution in [2.24, 2.45) is 0 Å². The molecule has 0 aliphatic carbocycles. The molecular weight excluding hydrogens is 523 g/mol. The van der Waals surface area contributed by atoms with Crippen molar-refractivity contribution < 1.29 is 135 Å². The van der Waals surface area contributed by atoms with Crippen molar-refractivity contribution in [3.8, 4) is 0 Å². The van der Waals surface area contributed by atoms with Gasteiger partial charge in [-0.15, -0.1) is 6.58 Å². The van der Waals surface area contributed by atoms with Crippen molar-refractivity contribution >= 4 is 22.1 Å². The van der Waals surface area contributed by atoms with E-state index in [9.17, 15) is 28.2 Å². The van der Waals surface area contributed by atoms with Crippen LogP contribution in [0.15, 0.2) is 12.7 Å². The molecule has 0 aliphatic heterocycles. The second-order valence-electron chi connectivity index (χ2n) is 8.91. The average molecular weight is 567 g/mol. The maximum absolute atomic E-state index is 12.4. The summed E-state index contributed by atoms with van der Waals surface area (Å²) >= 11 is 0. The number of hydrogen-bond acceptors (Lipinski definition) is 7. The number of carboxylic acid groups (broad SMARTS) is 2. The molecular formula is C25H44K2O7S. The van der Waals surface area contributed by atoms with Crippen molar-refractivity contribution in [2.45, 2.75) is 127 Å². The zero-order valence-corrected chi connectivity index (χ0v) is 29.5. The Bertz CT molecular complexity index is 656. The molecule has 0 saturated carbocycles. The molecule has 0 rings (SSSR count). The summed E-state index contributed by atoms with van der Waals surface area (Å²) in [7, 11) is -4.72. The number of aliphatic carboxylic acids is 2. The number of hydrogen-bond donors (Lipinski definition) is 0. The van der Waals surface area contributed by atoms with Crippen LogP contribution < -0.4 is 113 Å². The Hall–Kier alpha value is 1.86. The number of unbranched alkanes of at least 4 members (excludes halogenated alkanes) is 15. The fourth-order valence-electron chi connectivity index (χ4n) is 4.02. The summed E-state index contributed by atoms with van der Waals surface area (Å²) in [6, 6.07) is 0. The van der Waals surface area contributed by atoms with Gasteiger partial charge in [-0.3, -0.25) is 4.18 Å². The van der Waals surface area contributed by atoms with Gasteiger partial charge in [0.2, 0.25) is 0 Å². The molecule has 35 heavy (non-hydrogen) atoms. The van der Waals surface area contributed by atoms with E-state index < -0.39 is 39.8 Å². The van der Waals surface area contributed by atoms with Gasteiger partial charge in [-0.2, -0.15) is 8.42 Å². The van der Waals surface area contributed by atoms with Crippen molar-refractivity contribution in [2.75, 3.05) is 6.61 Å². The van der Waals surface area contributed by atoms with Gasteiger partial charge in [0, 0.05) is 12.4 Å². The molecule has 0 heterocycles. The zero-order chi connectivity index (χ0) is 25.0. The Balaban J connectivity index is -0.00000512. The fraction of sp³-hybridized carbons (Fsp3) is 0.840. The van der Waals surface area contributed by atoms with Crippen molar-refractivity contribution in [3.05, 3.63) is 12.7 Å². The van der Waals surface area contributed by atoms with Gasteiger partial charge in [-0.1, -0.05) is 116 Å². The third kappa shape index (κ3) is 19.6. The van der Waals surface area contributed by atoms with E-state index in [4.69, 9.17) is 0 Å². The van der Waals surface area contributed by atoms with Crippen molar-refractivity contribution in [3.63, 3.8) is 0 Å². The molecule has 0 bridgehead atoms. The van der Waals surface area contributed by atoms with Crippen LogP contribution in [0, 0.1) is 0 Å². The van der Waals surface area contributed by atoms with E-state index in [0.29, 0.717) is 6.42 Å². The summed E-state index contributed by atoms with van der Waals surface area (Å²) in [6.07, 6.45) is 17.6. The fourth-order valence-corrected chi connectivity index (χ4v) is 5.41. The number of carbonyl (C=O) groups is 2. The Morgan fingerprint density at radius 3 is 1.46 bits per heavy atom. The van der Waals surface area contributed by atoms with Crippen molar-refractivity contribution in [1.29, 1.82) is 0 Å². The largest absolute Gasteiger partial charge is 1.00 e. The van der Waals surface area contributed by atoms with Crippen LogP contribution in [0.2, 0.25) is 0 Å². The topological polar surface area (TPSA) is 124 Å².